The number of nitrogens with two attached hydrogens (primary N) is 1. The van der Waals surface area contributed by atoms with Crippen LogP contribution in [0.15, 0.2) is 17.3 Å². The van der Waals surface area contributed by atoms with Gasteiger partial charge >= 0.3 is 0 Å². The smallest absolute Gasteiger partial charge is 0.0234 e. The van der Waals surface area contributed by atoms with Gasteiger partial charge in [0.25, 0.3) is 0 Å². The summed E-state index contributed by atoms with van der Waals surface area (Å²) in [6.45, 7) is 2.79. The Morgan fingerprint density at radius 2 is 2.56 bits per heavy atom. The summed E-state index contributed by atoms with van der Waals surface area (Å²) in [5.74, 6) is 0.523. The Labute approximate surface area is 55.5 Å². The Morgan fingerprint density at radius 1 is 1.78 bits per heavy atom. The number of aliphatic imine (C=N–C) groups is 1. The molecule has 0 radical (unpaired) electrons. The Morgan fingerprint density at radius 3 is 3.00 bits per heavy atom. The molecule has 0 bridgehead atoms. The molecule has 9 heavy (non-hydrogen) atoms. The summed E-state index contributed by atoms with van der Waals surface area (Å²) in [5, 5.41) is 0. The van der Waals surface area contributed by atoms with Gasteiger partial charge in [0.15, 0.2) is 0 Å². The summed E-state index contributed by atoms with van der Waals surface area (Å²) in [6, 6.07) is 0. The van der Waals surface area contributed by atoms with Gasteiger partial charge in [0.2, 0.25) is 0 Å². The van der Waals surface area contributed by atoms with Crippen molar-refractivity contribution < 1.29 is 0 Å². The molecule has 1 atom stereocenters. The van der Waals surface area contributed by atoms with Crippen LogP contribution in [0.3, 0.4) is 0 Å². The summed E-state index contributed by atoms with van der Waals surface area (Å²) in [4.78, 5) is 4.12. The van der Waals surface area contributed by atoms with E-state index in [4.69, 9.17) is 5.73 Å². The minimum Gasteiger partial charge on any atom is -0.330 e. The van der Waals surface area contributed by atoms with Gasteiger partial charge in [-0.05, 0) is 19.9 Å². The van der Waals surface area contributed by atoms with Crippen LogP contribution in [0, 0.1) is 5.92 Å². The Balaban J connectivity index is 2.43. The van der Waals surface area contributed by atoms with Gasteiger partial charge in [0.1, 0.15) is 0 Å². The first-order valence-corrected chi connectivity index (χ1v) is 3.25. The lowest BCUT2D eigenvalue weighted by molar-refractivity contribution is 0.759. The molecule has 2 N–H and O–H groups in total. The van der Waals surface area contributed by atoms with E-state index < -0.39 is 0 Å². The molecule has 1 aliphatic heterocycles. The zero-order chi connectivity index (χ0) is 6.69. The van der Waals surface area contributed by atoms with E-state index in [2.05, 4.69) is 11.1 Å². The quantitative estimate of drug-likeness (QED) is 0.584. The Kier molecular flexibility index (Phi) is 2.01. The summed E-state index contributed by atoms with van der Waals surface area (Å²) in [7, 11) is 0. The normalized spacial score (nSPS) is 24.7. The third-order valence-corrected chi connectivity index (χ3v) is 1.61. The van der Waals surface area contributed by atoms with Crippen molar-refractivity contribution in [1.29, 1.82) is 0 Å². The zero-order valence-corrected chi connectivity index (χ0v) is 5.67. The first-order valence-electron chi connectivity index (χ1n) is 3.25. The van der Waals surface area contributed by atoms with Crippen LogP contribution in [0.1, 0.15) is 13.3 Å². The SMILES string of the molecule is CC1=NC=CC1CCN. The lowest BCUT2D eigenvalue weighted by atomic mass is 10.0. The van der Waals surface area contributed by atoms with E-state index in [1.54, 1.807) is 0 Å². The number of nitrogens with zero attached hydrogens (tertiary/aromatic N) is 1. The second-order valence-corrected chi connectivity index (χ2v) is 2.30. The summed E-state index contributed by atoms with van der Waals surface area (Å²) in [5.41, 5.74) is 6.58. The highest BCUT2D eigenvalue weighted by Crippen LogP contribution is 2.12. The maximum absolute atomic E-state index is 5.38. The van der Waals surface area contributed by atoms with Gasteiger partial charge < -0.3 is 5.73 Å². The van der Waals surface area contributed by atoms with Crippen LogP contribution in [-0.4, -0.2) is 12.3 Å². The van der Waals surface area contributed by atoms with E-state index in [0.29, 0.717) is 5.92 Å². The van der Waals surface area contributed by atoms with E-state index in [-0.39, 0.29) is 0 Å². The maximum Gasteiger partial charge on any atom is 0.0234 e. The van der Waals surface area contributed by atoms with Crippen molar-refractivity contribution in [2.24, 2.45) is 16.6 Å². The van der Waals surface area contributed by atoms with Crippen molar-refractivity contribution in [2.45, 2.75) is 13.3 Å². The van der Waals surface area contributed by atoms with E-state index in [1.165, 1.54) is 5.71 Å². The molecule has 0 aromatic heterocycles. The minimum absolute atomic E-state index is 0.523. The fraction of sp³-hybridized carbons (Fsp3) is 0.571. The number of allylic oxidation sites excluding steroid dienone is 1. The molecule has 0 aromatic carbocycles. The molecule has 0 saturated heterocycles. The Bertz CT molecular complexity index is 147. The Hall–Kier alpha value is -0.630. The van der Waals surface area contributed by atoms with Crippen molar-refractivity contribution in [3.63, 3.8) is 0 Å². The number of hydrogen-bond acceptors (Lipinski definition) is 2. The van der Waals surface area contributed by atoms with Gasteiger partial charge in [-0.25, -0.2) is 0 Å². The van der Waals surface area contributed by atoms with Gasteiger partial charge in [-0.15, -0.1) is 0 Å². The van der Waals surface area contributed by atoms with Crippen LogP contribution in [0.4, 0.5) is 0 Å². The number of rotatable bonds is 2. The van der Waals surface area contributed by atoms with Crippen molar-refractivity contribution in [3.05, 3.63) is 12.3 Å². The average molecular weight is 124 g/mol. The topological polar surface area (TPSA) is 38.4 Å². The molecule has 0 saturated carbocycles. The summed E-state index contributed by atoms with van der Waals surface area (Å²) < 4.78 is 0. The second kappa shape index (κ2) is 2.78. The summed E-state index contributed by atoms with van der Waals surface area (Å²) in [6.07, 6.45) is 4.99. The molecule has 1 heterocycles. The molecule has 0 amide bonds. The molecule has 0 aliphatic carbocycles. The monoisotopic (exact) mass is 124 g/mol. The largest absolute Gasteiger partial charge is 0.330 e. The van der Waals surface area contributed by atoms with Crippen LogP contribution >= 0.6 is 0 Å². The highest BCUT2D eigenvalue weighted by atomic mass is 14.7. The molecule has 1 aliphatic rings. The molecule has 0 fully saturated rings. The molecular formula is C7H12N2. The van der Waals surface area contributed by atoms with E-state index in [0.717, 1.165) is 13.0 Å². The van der Waals surface area contributed by atoms with Crippen LogP contribution in [0.2, 0.25) is 0 Å². The predicted molar refractivity (Wildman–Crippen MR) is 39.4 cm³/mol. The van der Waals surface area contributed by atoms with Gasteiger partial charge in [0, 0.05) is 17.8 Å². The molecule has 2 heteroatoms. The van der Waals surface area contributed by atoms with E-state index in [1.807, 2.05) is 13.1 Å². The lowest BCUT2D eigenvalue weighted by Gasteiger charge is -2.03. The molecular weight excluding hydrogens is 112 g/mol. The van der Waals surface area contributed by atoms with Crippen LogP contribution in [0.25, 0.3) is 0 Å². The predicted octanol–water partition coefficient (Wildman–Crippen LogP) is 0.940. The zero-order valence-electron chi connectivity index (χ0n) is 5.67. The standard InChI is InChI=1S/C7H12N2/c1-6-7(2-4-8)3-5-9-6/h3,5,7H,2,4,8H2,1H3. The average Bonchev–Trinajstić information content (AvgIpc) is 2.18. The third-order valence-electron chi connectivity index (χ3n) is 1.61. The fourth-order valence-electron chi connectivity index (χ4n) is 0.984. The van der Waals surface area contributed by atoms with E-state index in [9.17, 15) is 0 Å². The van der Waals surface area contributed by atoms with Crippen molar-refractivity contribution in [1.82, 2.24) is 0 Å². The fourth-order valence-corrected chi connectivity index (χ4v) is 0.984. The minimum atomic E-state index is 0.523. The highest BCUT2D eigenvalue weighted by molar-refractivity contribution is 5.88. The summed E-state index contributed by atoms with van der Waals surface area (Å²) >= 11 is 0. The molecule has 1 unspecified atom stereocenters. The maximum atomic E-state index is 5.38. The molecule has 1 rings (SSSR count). The van der Waals surface area contributed by atoms with Gasteiger partial charge in [-0.2, -0.15) is 0 Å². The van der Waals surface area contributed by atoms with E-state index >= 15 is 0 Å². The van der Waals surface area contributed by atoms with Crippen LogP contribution in [0.5, 0.6) is 0 Å². The van der Waals surface area contributed by atoms with Gasteiger partial charge in [-0.3, -0.25) is 4.99 Å². The number of hydrogen-bond donors (Lipinski definition) is 1. The first-order chi connectivity index (χ1) is 4.34. The van der Waals surface area contributed by atoms with Crippen molar-refractivity contribution in [3.8, 4) is 0 Å². The lowest BCUT2D eigenvalue weighted by Crippen LogP contribution is -2.11. The third kappa shape index (κ3) is 1.39. The first kappa shape index (κ1) is 6.49. The molecule has 2 nitrogen and oxygen atoms in total. The van der Waals surface area contributed by atoms with Gasteiger partial charge in [-0.1, -0.05) is 6.08 Å². The van der Waals surface area contributed by atoms with Gasteiger partial charge in [0.05, 0.1) is 0 Å². The van der Waals surface area contributed by atoms with Crippen molar-refractivity contribution in [2.75, 3.05) is 6.54 Å². The second-order valence-electron chi connectivity index (χ2n) is 2.30. The molecule has 50 valence electrons. The molecule has 0 aromatic rings. The van der Waals surface area contributed by atoms with Crippen molar-refractivity contribution >= 4 is 5.71 Å². The highest BCUT2D eigenvalue weighted by Gasteiger charge is 2.09. The van der Waals surface area contributed by atoms with Crippen LogP contribution < -0.4 is 5.73 Å². The molecule has 0 spiro atoms. The van der Waals surface area contributed by atoms with Crippen LogP contribution in [-0.2, 0) is 0 Å².